The molecule has 1 amide bonds. The molecule has 0 aromatic heterocycles. The van der Waals surface area contributed by atoms with Crippen molar-refractivity contribution >= 4 is 21.6 Å². The number of rotatable bonds is 6. The summed E-state index contributed by atoms with van der Waals surface area (Å²) in [5, 5.41) is 3.07. The van der Waals surface area contributed by atoms with E-state index < -0.39 is 10.0 Å². The second kappa shape index (κ2) is 9.43. The van der Waals surface area contributed by atoms with E-state index in [0.29, 0.717) is 11.6 Å². The van der Waals surface area contributed by atoms with E-state index in [4.69, 9.17) is 0 Å². The van der Waals surface area contributed by atoms with Crippen molar-refractivity contribution in [1.82, 2.24) is 5.32 Å². The molecule has 0 heterocycles. The molecule has 5 nitrogen and oxygen atoms in total. The van der Waals surface area contributed by atoms with Gasteiger partial charge in [0.2, 0.25) is 5.91 Å². The topological polar surface area (TPSA) is 66.5 Å². The molecule has 0 aliphatic heterocycles. The lowest BCUT2D eigenvalue weighted by Gasteiger charge is -2.29. The molecule has 0 saturated heterocycles. The van der Waals surface area contributed by atoms with Crippen molar-refractivity contribution < 1.29 is 13.2 Å². The Bertz CT molecular complexity index is 1030. The van der Waals surface area contributed by atoms with E-state index in [1.165, 1.54) is 4.31 Å². The maximum Gasteiger partial charge on any atom is 0.264 e. The molecule has 1 saturated carbocycles. The van der Waals surface area contributed by atoms with Crippen molar-refractivity contribution in [3.63, 3.8) is 0 Å². The van der Waals surface area contributed by atoms with Gasteiger partial charge in [0.25, 0.3) is 10.0 Å². The Morgan fingerprint density at radius 2 is 1.55 bits per heavy atom. The second-order valence-electron chi connectivity index (χ2n) is 9.13. The molecule has 31 heavy (non-hydrogen) atoms. The number of nitrogens with zero attached hydrogens (tertiary/aromatic N) is 1. The SMILES string of the molecule is Cc1cc(C)cc(N(CC(=O)NC2CCC(C)CC2)S(=O)(=O)c2ccc(C)c(C)c2)c1. The maximum absolute atomic E-state index is 13.6. The number of sulfonamides is 1. The van der Waals surface area contributed by atoms with Crippen molar-refractivity contribution in [3.8, 4) is 0 Å². The summed E-state index contributed by atoms with van der Waals surface area (Å²) in [4.78, 5) is 13.1. The van der Waals surface area contributed by atoms with Crippen LogP contribution in [0.15, 0.2) is 41.3 Å². The lowest BCUT2D eigenvalue weighted by atomic mass is 9.87. The number of carbonyl (C=O) groups excluding carboxylic acids is 1. The molecule has 0 unspecified atom stereocenters. The summed E-state index contributed by atoms with van der Waals surface area (Å²) in [6.45, 7) is 9.71. The van der Waals surface area contributed by atoms with Crippen molar-refractivity contribution in [2.45, 2.75) is 71.2 Å². The van der Waals surface area contributed by atoms with Crippen LogP contribution < -0.4 is 9.62 Å². The van der Waals surface area contributed by atoms with Crippen molar-refractivity contribution in [3.05, 3.63) is 58.7 Å². The summed E-state index contributed by atoms with van der Waals surface area (Å²) in [6.07, 6.45) is 4.07. The summed E-state index contributed by atoms with van der Waals surface area (Å²) in [6, 6.07) is 10.9. The molecule has 0 radical (unpaired) electrons. The van der Waals surface area contributed by atoms with Crippen molar-refractivity contribution in [2.24, 2.45) is 5.92 Å². The van der Waals surface area contributed by atoms with Gasteiger partial charge in [-0.1, -0.05) is 19.1 Å². The molecule has 2 aromatic rings. The van der Waals surface area contributed by atoms with Crippen LogP contribution >= 0.6 is 0 Å². The van der Waals surface area contributed by atoms with Gasteiger partial charge in [-0.3, -0.25) is 9.10 Å². The molecule has 3 rings (SSSR count). The van der Waals surface area contributed by atoms with Crippen LogP contribution in [0.1, 0.15) is 54.9 Å². The number of hydrogen-bond acceptors (Lipinski definition) is 3. The van der Waals surface area contributed by atoms with Crippen molar-refractivity contribution in [2.75, 3.05) is 10.8 Å². The van der Waals surface area contributed by atoms with E-state index in [0.717, 1.165) is 47.9 Å². The molecular formula is C25H34N2O3S. The minimum absolute atomic E-state index is 0.120. The first-order chi connectivity index (χ1) is 14.6. The summed E-state index contributed by atoms with van der Waals surface area (Å²) in [5.74, 6) is 0.427. The van der Waals surface area contributed by atoms with Crippen LogP contribution in [-0.4, -0.2) is 26.9 Å². The quantitative estimate of drug-likeness (QED) is 0.698. The van der Waals surface area contributed by atoms with E-state index in [1.54, 1.807) is 12.1 Å². The number of anilines is 1. The first-order valence-electron chi connectivity index (χ1n) is 11.0. The summed E-state index contributed by atoms with van der Waals surface area (Å²) in [5.41, 5.74) is 4.36. The number of amides is 1. The zero-order chi connectivity index (χ0) is 22.8. The Balaban J connectivity index is 1.92. The molecule has 1 N–H and O–H groups in total. The van der Waals surface area contributed by atoms with E-state index in [9.17, 15) is 13.2 Å². The molecule has 2 aromatic carbocycles. The third-order valence-electron chi connectivity index (χ3n) is 6.23. The number of carbonyl (C=O) groups is 1. The largest absolute Gasteiger partial charge is 0.352 e. The average Bonchev–Trinajstić information content (AvgIpc) is 2.69. The zero-order valence-electron chi connectivity index (χ0n) is 19.2. The zero-order valence-corrected chi connectivity index (χ0v) is 20.1. The van der Waals surface area contributed by atoms with E-state index in [2.05, 4.69) is 12.2 Å². The summed E-state index contributed by atoms with van der Waals surface area (Å²) in [7, 11) is -3.90. The van der Waals surface area contributed by atoms with E-state index in [-0.39, 0.29) is 23.4 Å². The fourth-order valence-electron chi connectivity index (χ4n) is 4.22. The maximum atomic E-state index is 13.6. The molecule has 1 aliphatic rings. The Morgan fingerprint density at radius 3 is 2.13 bits per heavy atom. The van der Waals surface area contributed by atoms with Crippen molar-refractivity contribution in [1.29, 1.82) is 0 Å². The highest BCUT2D eigenvalue weighted by atomic mass is 32.2. The van der Waals surface area contributed by atoms with Gasteiger partial charge >= 0.3 is 0 Å². The third kappa shape index (κ3) is 5.67. The van der Waals surface area contributed by atoms with Gasteiger partial charge in [0.1, 0.15) is 6.54 Å². The van der Waals surface area contributed by atoms with Crippen LogP contribution in [0.25, 0.3) is 0 Å². The molecular weight excluding hydrogens is 408 g/mol. The van der Waals surface area contributed by atoms with Gasteiger partial charge < -0.3 is 5.32 Å². The lowest BCUT2D eigenvalue weighted by Crippen LogP contribution is -2.45. The van der Waals surface area contributed by atoms with Crippen LogP contribution in [0.2, 0.25) is 0 Å². The monoisotopic (exact) mass is 442 g/mol. The molecule has 0 atom stereocenters. The number of benzene rings is 2. The fourth-order valence-corrected chi connectivity index (χ4v) is 5.71. The van der Waals surface area contributed by atoms with Gasteiger partial charge in [-0.25, -0.2) is 8.42 Å². The molecule has 1 fully saturated rings. The molecule has 1 aliphatic carbocycles. The Kier molecular flexibility index (Phi) is 7.10. The van der Waals surface area contributed by atoms with Gasteiger partial charge in [-0.2, -0.15) is 0 Å². The Hall–Kier alpha value is -2.34. The average molecular weight is 443 g/mol. The van der Waals surface area contributed by atoms with E-state index >= 15 is 0 Å². The smallest absolute Gasteiger partial charge is 0.264 e. The van der Waals surface area contributed by atoms with Crippen LogP contribution in [0, 0.1) is 33.6 Å². The molecule has 0 bridgehead atoms. The summed E-state index contributed by atoms with van der Waals surface area (Å²) < 4.78 is 28.5. The first kappa shape index (κ1) is 23.3. The predicted molar refractivity (Wildman–Crippen MR) is 126 cm³/mol. The number of aryl methyl sites for hydroxylation is 4. The molecule has 6 heteroatoms. The van der Waals surface area contributed by atoms with Crippen LogP contribution in [-0.2, 0) is 14.8 Å². The minimum Gasteiger partial charge on any atom is -0.352 e. The molecule has 168 valence electrons. The number of nitrogens with one attached hydrogen (secondary N) is 1. The highest BCUT2D eigenvalue weighted by Crippen LogP contribution is 2.27. The Labute approximate surface area is 186 Å². The Morgan fingerprint density at radius 1 is 0.935 bits per heavy atom. The lowest BCUT2D eigenvalue weighted by molar-refractivity contribution is -0.120. The summed E-state index contributed by atoms with van der Waals surface area (Å²) >= 11 is 0. The fraction of sp³-hybridized carbons (Fsp3) is 0.480. The standard InChI is InChI=1S/C25H34N2O3S/c1-17-6-9-22(10-7-17)26-25(28)16-27(23-13-18(2)12-19(3)14-23)31(29,30)24-11-8-20(4)21(5)15-24/h8,11-15,17,22H,6-7,9-10,16H2,1-5H3,(H,26,28). The highest BCUT2D eigenvalue weighted by Gasteiger charge is 2.29. The highest BCUT2D eigenvalue weighted by molar-refractivity contribution is 7.92. The van der Waals surface area contributed by atoms with E-state index in [1.807, 2.05) is 52.0 Å². The third-order valence-corrected chi connectivity index (χ3v) is 8.00. The molecule has 0 spiro atoms. The van der Waals surface area contributed by atoms with Gasteiger partial charge in [-0.05, 0) is 106 Å². The minimum atomic E-state index is -3.90. The predicted octanol–water partition coefficient (Wildman–Crippen LogP) is 4.81. The van der Waals surface area contributed by atoms with Gasteiger partial charge in [-0.15, -0.1) is 0 Å². The first-order valence-corrected chi connectivity index (χ1v) is 12.5. The number of hydrogen-bond donors (Lipinski definition) is 1. The van der Waals surface area contributed by atoms with Gasteiger partial charge in [0.05, 0.1) is 10.6 Å². The van der Waals surface area contributed by atoms with Crippen LogP contribution in [0.5, 0.6) is 0 Å². The van der Waals surface area contributed by atoms with Crippen LogP contribution in [0.3, 0.4) is 0 Å². The normalized spacial score (nSPS) is 19.1. The second-order valence-corrected chi connectivity index (χ2v) is 11.0. The van der Waals surface area contributed by atoms with Gasteiger partial charge in [0.15, 0.2) is 0 Å². The van der Waals surface area contributed by atoms with Gasteiger partial charge in [0, 0.05) is 6.04 Å². The van der Waals surface area contributed by atoms with Crippen LogP contribution in [0.4, 0.5) is 5.69 Å².